The van der Waals surface area contributed by atoms with Crippen LogP contribution < -0.4 is 0 Å². The van der Waals surface area contributed by atoms with E-state index in [1.165, 1.54) is 7.11 Å². The summed E-state index contributed by atoms with van der Waals surface area (Å²) in [6, 6.07) is 0. The van der Waals surface area contributed by atoms with E-state index in [0.717, 1.165) is 0 Å². The topological polar surface area (TPSA) is 30.8 Å². The molecule has 0 aromatic carbocycles. The largest absolute Gasteiger partial charge is 0.497 e. The SMILES string of the molecule is C/N=C(Cl)\C(OC)=C(/C)OC. The highest BCUT2D eigenvalue weighted by Gasteiger charge is 2.07. The van der Waals surface area contributed by atoms with Gasteiger partial charge in [0.2, 0.25) is 0 Å². The normalized spacial score (nSPS) is 14.1. The molecule has 0 aromatic rings. The molecule has 0 unspecified atom stereocenters. The molecule has 0 spiro atoms. The third kappa shape index (κ3) is 2.80. The van der Waals surface area contributed by atoms with Crippen molar-refractivity contribution < 1.29 is 9.47 Å². The summed E-state index contributed by atoms with van der Waals surface area (Å²) in [6.07, 6.45) is 0. The molecule has 0 aliphatic heterocycles. The van der Waals surface area contributed by atoms with Crippen molar-refractivity contribution in [2.75, 3.05) is 21.3 Å². The van der Waals surface area contributed by atoms with Crippen molar-refractivity contribution in [1.29, 1.82) is 0 Å². The summed E-state index contributed by atoms with van der Waals surface area (Å²) < 4.78 is 9.86. The van der Waals surface area contributed by atoms with Gasteiger partial charge in [-0.05, 0) is 6.92 Å². The standard InChI is InChI=1S/C7H12ClNO2/c1-5(10-3)6(11-4)7(8)9-2/h1-4H3/b6-5-,9-7+. The van der Waals surface area contributed by atoms with E-state index in [-0.39, 0.29) is 0 Å². The molecule has 0 atom stereocenters. The number of hydrogen-bond donors (Lipinski definition) is 0. The second-order valence-corrected chi connectivity index (χ2v) is 2.17. The summed E-state index contributed by atoms with van der Waals surface area (Å²) >= 11 is 5.69. The fourth-order valence-corrected chi connectivity index (χ4v) is 0.778. The first-order valence-corrected chi connectivity index (χ1v) is 3.46. The zero-order valence-electron chi connectivity index (χ0n) is 7.14. The third-order valence-electron chi connectivity index (χ3n) is 1.21. The van der Waals surface area contributed by atoms with E-state index in [1.54, 1.807) is 21.1 Å². The van der Waals surface area contributed by atoms with Gasteiger partial charge in [-0.15, -0.1) is 0 Å². The summed E-state index contributed by atoms with van der Waals surface area (Å²) in [6.45, 7) is 1.76. The summed E-state index contributed by atoms with van der Waals surface area (Å²) in [5, 5.41) is 0.312. The molecule has 0 rings (SSSR count). The van der Waals surface area contributed by atoms with Gasteiger partial charge >= 0.3 is 0 Å². The van der Waals surface area contributed by atoms with Gasteiger partial charge in [0.1, 0.15) is 5.76 Å². The van der Waals surface area contributed by atoms with Gasteiger partial charge in [-0.3, -0.25) is 4.99 Å². The maximum Gasteiger partial charge on any atom is 0.193 e. The molecular formula is C7H12ClNO2. The lowest BCUT2D eigenvalue weighted by Gasteiger charge is -2.06. The molecule has 0 heterocycles. The molecule has 0 saturated heterocycles. The quantitative estimate of drug-likeness (QED) is 0.486. The van der Waals surface area contributed by atoms with Crippen LogP contribution in [0.5, 0.6) is 0 Å². The summed E-state index contributed by atoms with van der Waals surface area (Å²) in [5.74, 6) is 1.08. The first kappa shape index (κ1) is 10.3. The Morgan fingerprint density at radius 1 is 1.27 bits per heavy atom. The Kier molecular flexibility index (Phi) is 4.70. The molecule has 0 fully saturated rings. The van der Waals surface area contributed by atoms with E-state index in [9.17, 15) is 0 Å². The molecule has 0 aliphatic rings. The van der Waals surface area contributed by atoms with E-state index < -0.39 is 0 Å². The van der Waals surface area contributed by atoms with Gasteiger partial charge in [-0.1, -0.05) is 11.6 Å². The van der Waals surface area contributed by atoms with Crippen LogP contribution in [-0.4, -0.2) is 26.4 Å². The minimum absolute atomic E-state index is 0.312. The van der Waals surface area contributed by atoms with Gasteiger partial charge in [0.25, 0.3) is 0 Å². The molecular weight excluding hydrogens is 166 g/mol. The third-order valence-corrected chi connectivity index (χ3v) is 1.55. The minimum Gasteiger partial charge on any atom is -0.497 e. The number of hydrogen-bond acceptors (Lipinski definition) is 3. The zero-order valence-corrected chi connectivity index (χ0v) is 7.90. The van der Waals surface area contributed by atoms with E-state index in [2.05, 4.69) is 4.99 Å². The van der Waals surface area contributed by atoms with E-state index in [1.807, 2.05) is 0 Å². The number of halogens is 1. The van der Waals surface area contributed by atoms with Crippen LogP contribution in [-0.2, 0) is 9.47 Å². The highest BCUT2D eigenvalue weighted by Crippen LogP contribution is 2.10. The number of nitrogens with zero attached hydrogens (tertiary/aromatic N) is 1. The monoisotopic (exact) mass is 177 g/mol. The van der Waals surface area contributed by atoms with Crippen LogP contribution in [0, 0.1) is 0 Å². The van der Waals surface area contributed by atoms with Crippen molar-refractivity contribution in [2.45, 2.75) is 6.92 Å². The molecule has 4 heteroatoms. The zero-order chi connectivity index (χ0) is 8.85. The summed E-state index contributed by atoms with van der Waals surface area (Å²) in [5.41, 5.74) is 0. The van der Waals surface area contributed by atoms with Gasteiger partial charge < -0.3 is 9.47 Å². The Bertz CT molecular complexity index is 187. The number of aliphatic imine (C=N–C) groups is 1. The van der Waals surface area contributed by atoms with Crippen LogP contribution in [0.1, 0.15) is 6.92 Å². The minimum atomic E-state index is 0.312. The van der Waals surface area contributed by atoms with Crippen LogP contribution in [0.2, 0.25) is 0 Å². The Balaban J connectivity index is 4.65. The van der Waals surface area contributed by atoms with Gasteiger partial charge in [-0.2, -0.15) is 0 Å². The molecule has 0 bridgehead atoms. The van der Waals surface area contributed by atoms with Crippen LogP contribution in [0.25, 0.3) is 0 Å². The number of rotatable bonds is 3. The van der Waals surface area contributed by atoms with Crippen molar-refractivity contribution in [3.8, 4) is 0 Å². The first-order valence-electron chi connectivity index (χ1n) is 3.08. The van der Waals surface area contributed by atoms with Gasteiger partial charge in [0.15, 0.2) is 10.9 Å². The fourth-order valence-electron chi connectivity index (χ4n) is 0.567. The molecule has 0 radical (unpaired) electrons. The van der Waals surface area contributed by atoms with Crippen LogP contribution in [0.4, 0.5) is 0 Å². The van der Waals surface area contributed by atoms with Crippen molar-refractivity contribution in [3.63, 3.8) is 0 Å². The van der Waals surface area contributed by atoms with Gasteiger partial charge in [0.05, 0.1) is 14.2 Å². The molecule has 0 saturated carbocycles. The fraction of sp³-hybridized carbons (Fsp3) is 0.571. The lowest BCUT2D eigenvalue weighted by molar-refractivity contribution is 0.238. The summed E-state index contributed by atoms with van der Waals surface area (Å²) in [4.78, 5) is 3.75. The van der Waals surface area contributed by atoms with E-state index >= 15 is 0 Å². The van der Waals surface area contributed by atoms with Crippen molar-refractivity contribution in [3.05, 3.63) is 11.5 Å². The second-order valence-electron chi connectivity index (χ2n) is 1.81. The van der Waals surface area contributed by atoms with E-state index in [0.29, 0.717) is 16.7 Å². The predicted molar refractivity (Wildman–Crippen MR) is 45.9 cm³/mol. The Hall–Kier alpha value is -0.700. The average molecular weight is 178 g/mol. The lowest BCUT2D eigenvalue weighted by Crippen LogP contribution is -2.01. The molecule has 0 amide bonds. The van der Waals surface area contributed by atoms with Gasteiger partial charge in [0, 0.05) is 7.05 Å². The van der Waals surface area contributed by atoms with Crippen LogP contribution in [0.15, 0.2) is 16.5 Å². The Morgan fingerprint density at radius 2 is 1.82 bits per heavy atom. The average Bonchev–Trinajstić information content (AvgIpc) is 2.05. The molecule has 64 valence electrons. The first-order chi connectivity index (χ1) is 5.17. The second kappa shape index (κ2) is 5.02. The molecule has 11 heavy (non-hydrogen) atoms. The van der Waals surface area contributed by atoms with Crippen molar-refractivity contribution in [2.24, 2.45) is 4.99 Å². The Morgan fingerprint density at radius 3 is 2.09 bits per heavy atom. The summed E-state index contributed by atoms with van der Waals surface area (Å²) in [7, 11) is 4.66. The van der Waals surface area contributed by atoms with Crippen molar-refractivity contribution >= 4 is 16.8 Å². The highest BCUT2D eigenvalue weighted by atomic mass is 35.5. The highest BCUT2D eigenvalue weighted by molar-refractivity contribution is 6.69. The van der Waals surface area contributed by atoms with Crippen molar-refractivity contribution in [1.82, 2.24) is 0 Å². The number of methoxy groups -OCH3 is 2. The number of ether oxygens (including phenoxy) is 2. The lowest BCUT2D eigenvalue weighted by atomic mass is 10.4. The van der Waals surface area contributed by atoms with Crippen LogP contribution in [0.3, 0.4) is 0 Å². The predicted octanol–water partition coefficient (Wildman–Crippen LogP) is 1.78. The molecule has 0 aliphatic carbocycles. The Labute approximate surface area is 71.7 Å². The van der Waals surface area contributed by atoms with E-state index in [4.69, 9.17) is 21.1 Å². The molecule has 3 nitrogen and oxygen atoms in total. The maximum absolute atomic E-state index is 5.69. The van der Waals surface area contributed by atoms with Crippen LogP contribution >= 0.6 is 11.6 Å². The molecule has 0 N–H and O–H groups in total. The number of allylic oxidation sites excluding steroid dienone is 2. The maximum atomic E-state index is 5.69. The smallest absolute Gasteiger partial charge is 0.193 e. The molecule has 0 aromatic heterocycles. The van der Waals surface area contributed by atoms with Gasteiger partial charge in [-0.25, -0.2) is 0 Å².